The number of nitro benzene ring substituents is 1. The Kier molecular flexibility index (Phi) is 8.47. The lowest BCUT2D eigenvalue weighted by atomic mass is 9.94. The Labute approximate surface area is 221 Å². The summed E-state index contributed by atoms with van der Waals surface area (Å²) in [6, 6.07) is 12.8. The van der Waals surface area contributed by atoms with Gasteiger partial charge in [-0.05, 0) is 50.6 Å². The van der Waals surface area contributed by atoms with Crippen LogP contribution in [-0.2, 0) is 9.53 Å². The average molecular weight is 524 g/mol. The number of carbonyl (C=O) groups excluding carboxylic acids is 2. The molecule has 1 atom stereocenters. The van der Waals surface area contributed by atoms with E-state index in [9.17, 15) is 19.7 Å². The summed E-state index contributed by atoms with van der Waals surface area (Å²) in [7, 11) is 0. The number of ether oxygens (including phenoxy) is 2. The van der Waals surface area contributed by atoms with E-state index < -0.39 is 16.9 Å². The van der Waals surface area contributed by atoms with Gasteiger partial charge in [0.1, 0.15) is 5.75 Å². The number of carbonyl (C=O) groups is 2. The van der Waals surface area contributed by atoms with Crippen molar-refractivity contribution in [3.8, 4) is 5.75 Å². The van der Waals surface area contributed by atoms with Crippen LogP contribution in [-0.4, -0.2) is 67.3 Å². The van der Waals surface area contributed by atoms with E-state index in [4.69, 9.17) is 9.47 Å². The molecule has 1 fully saturated rings. The van der Waals surface area contributed by atoms with E-state index in [1.54, 1.807) is 19.1 Å². The number of nitro groups is 1. The summed E-state index contributed by atoms with van der Waals surface area (Å²) >= 11 is 0. The maximum atomic E-state index is 13.1. The van der Waals surface area contributed by atoms with Crippen LogP contribution in [0.25, 0.3) is 0 Å². The van der Waals surface area contributed by atoms with Gasteiger partial charge in [0.2, 0.25) is 0 Å². The van der Waals surface area contributed by atoms with Gasteiger partial charge in [-0.3, -0.25) is 15.0 Å². The number of esters is 1. The second-order valence-corrected chi connectivity index (χ2v) is 9.42. The molecule has 2 heterocycles. The average Bonchev–Trinajstić information content (AvgIpc) is 2.89. The molecule has 38 heavy (non-hydrogen) atoms. The number of hydrogen-bond acceptors (Lipinski definition) is 8. The molecule has 11 nitrogen and oxygen atoms in total. The Morgan fingerprint density at radius 1 is 1.08 bits per heavy atom. The van der Waals surface area contributed by atoms with Gasteiger partial charge in [0.25, 0.3) is 5.69 Å². The van der Waals surface area contributed by atoms with Crippen molar-refractivity contribution in [1.29, 1.82) is 0 Å². The van der Waals surface area contributed by atoms with Gasteiger partial charge in [-0.1, -0.05) is 12.1 Å². The van der Waals surface area contributed by atoms with Crippen molar-refractivity contribution in [3.63, 3.8) is 0 Å². The highest BCUT2D eigenvalue weighted by Gasteiger charge is 2.34. The number of nitrogens with zero attached hydrogens (tertiary/aromatic N) is 3. The van der Waals surface area contributed by atoms with Crippen LogP contribution in [0.2, 0.25) is 0 Å². The molecular weight excluding hydrogens is 490 g/mol. The summed E-state index contributed by atoms with van der Waals surface area (Å²) in [5, 5.41) is 16.6. The zero-order valence-electron chi connectivity index (χ0n) is 21.8. The van der Waals surface area contributed by atoms with Crippen LogP contribution in [0.4, 0.5) is 16.2 Å². The summed E-state index contributed by atoms with van der Waals surface area (Å²) in [5.74, 6) is 0.226. The highest BCUT2D eigenvalue weighted by atomic mass is 16.6. The molecule has 2 aromatic rings. The standard InChI is InChI=1S/C27H33N5O6/c1-4-37-26(33)24-23(28-27(34)29-25(24)19-5-11-22(12-6-19)38-18(2)3)17-30-13-15-31(16-14-30)20-7-9-21(10-8-20)32(35)36/h5-12,18,25H,4,13-17H2,1-3H3,(H2,28,29,34)/t25-/m1/s1. The summed E-state index contributed by atoms with van der Waals surface area (Å²) in [5.41, 5.74) is 2.62. The Morgan fingerprint density at radius 3 is 2.32 bits per heavy atom. The Balaban J connectivity index is 1.51. The molecule has 0 saturated carbocycles. The third-order valence-electron chi connectivity index (χ3n) is 6.41. The minimum Gasteiger partial charge on any atom is -0.491 e. The summed E-state index contributed by atoms with van der Waals surface area (Å²) < 4.78 is 11.1. The van der Waals surface area contributed by atoms with Gasteiger partial charge < -0.3 is 25.0 Å². The first-order valence-electron chi connectivity index (χ1n) is 12.7. The number of nitrogens with one attached hydrogen (secondary N) is 2. The minimum atomic E-state index is -0.660. The molecule has 0 aliphatic carbocycles. The number of urea groups is 1. The molecule has 0 bridgehead atoms. The SMILES string of the molecule is CCOC(=O)C1=C(CN2CCN(c3ccc([N+](=O)[O-])cc3)CC2)NC(=O)N[C@@H]1c1ccc(OC(C)C)cc1. The molecular formula is C27H33N5O6. The number of hydrogen-bond donors (Lipinski definition) is 2. The molecule has 1 saturated heterocycles. The Morgan fingerprint density at radius 2 is 1.74 bits per heavy atom. The fourth-order valence-electron chi connectivity index (χ4n) is 4.63. The lowest BCUT2D eigenvalue weighted by Crippen LogP contribution is -2.51. The molecule has 11 heteroatoms. The van der Waals surface area contributed by atoms with Crippen molar-refractivity contribution in [2.75, 3.05) is 44.2 Å². The van der Waals surface area contributed by atoms with E-state index in [1.807, 2.05) is 38.1 Å². The maximum Gasteiger partial charge on any atom is 0.338 e. The molecule has 2 N–H and O–H groups in total. The number of anilines is 1. The first-order chi connectivity index (χ1) is 18.2. The summed E-state index contributed by atoms with van der Waals surface area (Å²) in [4.78, 5) is 40.6. The van der Waals surface area contributed by atoms with E-state index in [0.29, 0.717) is 49.7 Å². The Hall–Kier alpha value is -4.12. The first-order valence-corrected chi connectivity index (χ1v) is 12.7. The zero-order chi connectivity index (χ0) is 27.2. The predicted octanol–water partition coefficient (Wildman–Crippen LogP) is 3.38. The van der Waals surface area contributed by atoms with Gasteiger partial charge in [0, 0.05) is 56.2 Å². The topological polar surface area (TPSA) is 126 Å². The van der Waals surface area contributed by atoms with Gasteiger partial charge in [-0.2, -0.15) is 0 Å². The second kappa shape index (κ2) is 12.0. The van der Waals surface area contributed by atoms with Gasteiger partial charge in [-0.15, -0.1) is 0 Å². The van der Waals surface area contributed by atoms with Crippen LogP contribution < -0.4 is 20.3 Å². The largest absolute Gasteiger partial charge is 0.491 e. The van der Waals surface area contributed by atoms with Crippen LogP contribution in [0.3, 0.4) is 0 Å². The van der Waals surface area contributed by atoms with Crippen LogP contribution in [0.5, 0.6) is 5.75 Å². The van der Waals surface area contributed by atoms with Gasteiger partial charge in [0.05, 0.1) is 29.2 Å². The highest BCUT2D eigenvalue weighted by molar-refractivity contribution is 5.95. The predicted molar refractivity (Wildman–Crippen MR) is 142 cm³/mol. The second-order valence-electron chi connectivity index (χ2n) is 9.42. The van der Waals surface area contributed by atoms with Crippen molar-refractivity contribution in [2.24, 2.45) is 0 Å². The molecule has 2 aliphatic heterocycles. The molecule has 202 valence electrons. The van der Waals surface area contributed by atoms with Crippen molar-refractivity contribution >= 4 is 23.4 Å². The highest BCUT2D eigenvalue weighted by Crippen LogP contribution is 2.30. The van der Waals surface area contributed by atoms with Crippen molar-refractivity contribution in [3.05, 3.63) is 75.5 Å². The lowest BCUT2D eigenvalue weighted by Gasteiger charge is -2.38. The van der Waals surface area contributed by atoms with Crippen molar-refractivity contribution in [2.45, 2.75) is 32.9 Å². The minimum absolute atomic E-state index is 0.0295. The van der Waals surface area contributed by atoms with Gasteiger partial charge in [-0.25, -0.2) is 9.59 Å². The molecule has 2 aromatic carbocycles. The fourth-order valence-corrected chi connectivity index (χ4v) is 4.63. The van der Waals surface area contributed by atoms with E-state index >= 15 is 0 Å². The quantitative estimate of drug-likeness (QED) is 0.291. The normalized spacial score (nSPS) is 18.2. The van der Waals surface area contributed by atoms with E-state index in [2.05, 4.69) is 20.4 Å². The number of amides is 2. The van der Waals surface area contributed by atoms with E-state index in [-0.39, 0.29) is 24.4 Å². The summed E-state index contributed by atoms with van der Waals surface area (Å²) in [6.45, 7) is 9.00. The third-order valence-corrected chi connectivity index (χ3v) is 6.41. The third kappa shape index (κ3) is 6.41. The monoisotopic (exact) mass is 523 g/mol. The molecule has 2 aliphatic rings. The molecule has 0 radical (unpaired) electrons. The maximum absolute atomic E-state index is 13.1. The fraction of sp³-hybridized carbons (Fsp3) is 0.407. The smallest absolute Gasteiger partial charge is 0.338 e. The van der Waals surface area contributed by atoms with Crippen molar-refractivity contribution in [1.82, 2.24) is 15.5 Å². The lowest BCUT2D eigenvalue weighted by molar-refractivity contribution is -0.384. The molecule has 2 amide bonds. The molecule has 0 aromatic heterocycles. The van der Waals surface area contributed by atoms with Crippen LogP contribution in [0.15, 0.2) is 59.8 Å². The van der Waals surface area contributed by atoms with Crippen LogP contribution in [0.1, 0.15) is 32.4 Å². The van der Waals surface area contributed by atoms with E-state index in [1.165, 1.54) is 12.1 Å². The van der Waals surface area contributed by atoms with Crippen LogP contribution in [0, 0.1) is 10.1 Å². The number of benzene rings is 2. The zero-order valence-corrected chi connectivity index (χ0v) is 21.8. The molecule has 0 spiro atoms. The number of piperazine rings is 1. The number of rotatable bonds is 9. The molecule has 4 rings (SSSR count). The number of non-ortho nitro benzene ring substituents is 1. The van der Waals surface area contributed by atoms with Crippen molar-refractivity contribution < 1.29 is 24.0 Å². The first kappa shape index (κ1) is 26.9. The van der Waals surface area contributed by atoms with Gasteiger partial charge in [0.15, 0.2) is 0 Å². The molecule has 0 unspecified atom stereocenters. The van der Waals surface area contributed by atoms with Crippen LogP contribution >= 0.6 is 0 Å². The Bertz CT molecular complexity index is 1190. The van der Waals surface area contributed by atoms with E-state index in [0.717, 1.165) is 11.3 Å². The van der Waals surface area contributed by atoms with Gasteiger partial charge >= 0.3 is 12.0 Å². The summed E-state index contributed by atoms with van der Waals surface area (Å²) in [6.07, 6.45) is 0.0295.